The van der Waals surface area contributed by atoms with Crippen molar-refractivity contribution in [1.29, 1.82) is 0 Å². The lowest BCUT2D eigenvalue weighted by atomic mass is 9.79. The molecule has 33 heavy (non-hydrogen) atoms. The van der Waals surface area contributed by atoms with E-state index in [9.17, 15) is 4.79 Å². The molecule has 2 saturated heterocycles. The van der Waals surface area contributed by atoms with Gasteiger partial charge in [-0.3, -0.25) is 14.7 Å². The fourth-order valence-corrected chi connectivity index (χ4v) is 5.79. The van der Waals surface area contributed by atoms with Crippen molar-refractivity contribution in [2.45, 2.75) is 82.8 Å². The van der Waals surface area contributed by atoms with Gasteiger partial charge in [-0.25, -0.2) is 0 Å². The lowest BCUT2D eigenvalue weighted by Crippen LogP contribution is -2.59. The molecular weight excluding hydrogens is 525 g/mol. The molecule has 0 spiro atoms. The Balaban J connectivity index is 0.00000306. The Morgan fingerprint density at radius 3 is 2.30 bits per heavy atom. The summed E-state index contributed by atoms with van der Waals surface area (Å²) >= 11 is 0. The standard InChI is InChI=1S/C26H41N5O.HI/c1-27-25(29-21-26(14-6-2-7-15-26)31-17-8-3-9-18-31)28-19-22-11-4-5-12-23(22)20-30-16-10-13-24(30)32;/h4-5,11-12H,2-3,6-10,13-21H2,1H3,(H2,27,28,29);1H. The Labute approximate surface area is 217 Å². The van der Waals surface area contributed by atoms with Gasteiger partial charge in [0.1, 0.15) is 0 Å². The molecule has 3 fully saturated rings. The van der Waals surface area contributed by atoms with Gasteiger partial charge in [0, 0.05) is 45.2 Å². The van der Waals surface area contributed by atoms with E-state index in [1.165, 1.54) is 75.6 Å². The Morgan fingerprint density at radius 2 is 1.64 bits per heavy atom. The van der Waals surface area contributed by atoms with Crippen LogP contribution in [0.25, 0.3) is 0 Å². The number of benzene rings is 1. The van der Waals surface area contributed by atoms with Gasteiger partial charge in [0.15, 0.2) is 5.96 Å². The molecule has 0 aromatic heterocycles. The number of rotatable bonds is 7. The molecule has 7 heteroatoms. The first-order valence-electron chi connectivity index (χ1n) is 12.7. The maximum absolute atomic E-state index is 12.1. The molecule has 3 aliphatic rings. The Hall–Kier alpha value is -1.35. The van der Waals surface area contributed by atoms with E-state index in [0.717, 1.165) is 25.5 Å². The topological polar surface area (TPSA) is 60.0 Å². The highest BCUT2D eigenvalue weighted by molar-refractivity contribution is 14.0. The maximum Gasteiger partial charge on any atom is 0.222 e. The zero-order valence-electron chi connectivity index (χ0n) is 20.3. The van der Waals surface area contributed by atoms with Gasteiger partial charge in [0.25, 0.3) is 0 Å². The third-order valence-electron chi connectivity index (χ3n) is 7.72. The lowest BCUT2D eigenvalue weighted by Gasteiger charge is -2.48. The molecule has 2 heterocycles. The number of guanidine groups is 1. The van der Waals surface area contributed by atoms with Crippen LogP contribution in [0, 0.1) is 0 Å². The van der Waals surface area contributed by atoms with Crippen molar-refractivity contribution in [3.8, 4) is 0 Å². The van der Waals surface area contributed by atoms with E-state index in [-0.39, 0.29) is 35.4 Å². The van der Waals surface area contributed by atoms with E-state index in [0.29, 0.717) is 19.5 Å². The monoisotopic (exact) mass is 567 g/mol. The fraction of sp³-hybridized carbons (Fsp3) is 0.692. The minimum atomic E-state index is 0. The number of piperidine rings is 1. The molecule has 1 amide bonds. The van der Waals surface area contributed by atoms with E-state index in [1.54, 1.807) is 0 Å². The van der Waals surface area contributed by atoms with E-state index >= 15 is 0 Å². The summed E-state index contributed by atoms with van der Waals surface area (Å²) in [6.45, 7) is 5.76. The van der Waals surface area contributed by atoms with Crippen molar-refractivity contribution < 1.29 is 4.79 Å². The third kappa shape index (κ3) is 6.84. The molecule has 6 nitrogen and oxygen atoms in total. The fourth-order valence-electron chi connectivity index (χ4n) is 5.79. The summed E-state index contributed by atoms with van der Waals surface area (Å²) in [5, 5.41) is 7.22. The molecule has 0 bridgehead atoms. The molecule has 2 N–H and O–H groups in total. The predicted octanol–water partition coefficient (Wildman–Crippen LogP) is 4.28. The highest BCUT2D eigenvalue weighted by Gasteiger charge is 2.38. The molecule has 4 rings (SSSR count). The molecule has 1 aromatic carbocycles. The van der Waals surface area contributed by atoms with E-state index in [1.807, 2.05) is 11.9 Å². The minimum Gasteiger partial charge on any atom is -0.355 e. The summed E-state index contributed by atoms with van der Waals surface area (Å²) < 4.78 is 0. The van der Waals surface area contributed by atoms with Crippen LogP contribution in [-0.4, -0.2) is 60.4 Å². The average molecular weight is 568 g/mol. The summed E-state index contributed by atoms with van der Waals surface area (Å²) in [5.41, 5.74) is 2.74. The second-order valence-electron chi connectivity index (χ2n) is 9.80. The third-order valence-corrected chi connectivity index (χ3v) is 7.72. The van der Waals surface area contributed by atoms with Gasteiger partial charge in [-0.2, -0.15) is 0 Å². The minimum absolute atomic E-state index is 0. The second-order valence-corrected chi connectivity index (χ2v) is 9.80. The maximum atomic E-state index is 12.1. The van der Waals surface area contributed by atoms with Crippen molar-refractivity contribution in [1.82, 2.24) is 20.4 Å². The Morgan fingerprint density at radius 1 is 0.939 bits per heavy atom. The van der Waals surface area contributed by atoms with Crippen LogP contribution in [0.4, 0.5) is 0 Å². The zero-order chi connectivity index (χ0) is 22.2. The lowest BCUT2D eigenvalue weighted by molar-refractivity contribution is -0.128. The number of nitrogens with zero attached hydrogens (tertiary/aromatic N) is 3. The predicted molar refractivity (Wildman–Crippen MR) is 146 cm³/mol. The summed E-state index contributed by atoms with van der Waals surface area (Å²) in [5.74, 6) is 1.15. The molecule has 1 aliphatic carbocycles. The number of carbonyl (C=O) groups excluding carboxylic acids is 1. The molecule has 184 valence electrons. The van der Waals surface area contributed by atoms with Crippen molar-refractivity contribution >= 4 is 35.8 Å². The zero-order valence-corrected chi connectivity index (χ0v) is 22.6. The van der Waals surface area contributed by atoms with Crippen LogP contribution in [0.3, 0.4) is 0 Å². The number of halogens is 1. The van der Waals surface area contributed by atoms with Gasteiger partial charge < -0.3 is 15.5 Å². The van der Waals surface area contributed by atoms with Crippen LogP contribution < -0.4 is 10.6 Å². The first-order valence-corrected chi connectivity index (χ1v) is 12.7. The van der Waals surface area contributed by atoms with Crippen LogP contribution in [-0.2, 0) is 17.9 Å². The normalized spacial score (nSPS) is 21.5. The summed E-state index contributed by atoms with van der Waals surface area (Å²) in [6, 6.07) is 8.45. The van der Waals surface area contributed by atoms with Crippen LogP contribution in [0.15, 0.2) is 29.3 Å². The summed E-state index contributed by atoms with van der Waals surface area (Å²) in [7, 11) is 1.86. The van der Waals surface area contributed by atoms with E-state index in [4.69, 9.17) is 0 Å². The number of hydrogen-bond acceptors (Lipinski definition) is 3. The molecule has 1 aromatic rings. The number of hydrogen-bond donors (Lipinski definition) is 2. The molecule has 0 radical (unpaired) electrons. The van der Waals surface area contributed by atoms with E-state index in [2.05, 4.69) is 44.8 Å². The quantitative estimate of drug-likeness (QED) is 0.294. The van der Waals surface area contributed by atoms with Crippen molar-refractivity contribution in [3.63, 3.8) is 0 Å². The Bertz CT molecular complexity index is 787. The van der Waals surface area contributed by atoms with Gasteiger partial charge >= 0.3 is 0 Å². The van der Waals surface area contributed by atoms with Crippen LogP contribution in [0.2, 0.25) is 0 Å². The van der Waals surface area contributed by atoms with Crippen molar-refractivity contribution in [3.05, 3.63) is 35.4 Å². The number of carbonyl (C=O) groups is 1. The first kappa shape index (κ1) is 26.3. The average Bonchev–Trinajstić information content (AvgIpc) is 3.25. The molecular formula is C26H42IN5O. The van der Waals surface area contributed by atoms with Gasteiger partial charge in [-0.05, 0) is 56.3 Å². The van der Waals surface area contributed by atoms with Crippen LogP contribution in [0.1, 0.15) is 75.3 Å². The van der Waals surface area contributed by atoms with Gasteiger partial charge in [-0.1, -0.05) is 49.9 Å². The Kier molecular flexibility index (Phi) is 10.3. The molecule has 0 atom stereocenters. The largest absolute Gasteiger partial charge is 0.355 e. The number of nitrogens with one attached hydrogen (secondary N) is 2. The molecule has 2 aliphatic heterocycles. The first-order chi connectivity index (χ1) is 15.7. The van der Waals surface area contributed by atoms with Crippen LogP contribution >= 0.6 is 24.0 Å². The van der Waals surface area contributed by atoms with Crippen molar-refractivity contribution in [2.75, 3.05) is 33.2 Å². The molecule has 0 unspecified atom stereocenters. The number of aliphatic imine (C=N–C) groups is 1. The molecule has 1 saturated carbocycles. The highest BCUT2D eigenvalue weighted by Crippen LogP contribution is 2.35. The second kappa shape index (κ2) is 12.9. The SMILES string of the molecule is CN=C(NCc1ccccc1CN1CCCC1=O)NCC1(N2CCCCC2)CCCCC1.I. The summed E-state index contributed by atoms with van der Waals surface area (Å²) in [4.78, 5) is 21.4. The van der Waals surface area contributed by atoms with Gasteiger partial charge in [0.2, 0.25) is 5.91 Å². The highest BCUT2D eigenvalue weighted by atomic mass is 127. The number of likely N-dealkylation sites (tertiary alicyclic amines) is 2. The van der Waals surface area contributed by atoms with E-state index < -0.39 is 0 Å². The summed E-state index contributed by atoms with van der Waals surface area (Å²) in [6.07, 6.45) is 12.4. The van der Waals surface area contributed by atoms with Crippen molar-refractivity contribution in [2.24, 2.45) is 4.99 Å². The van der Waals surface area contributed by atoms with Gasteiger partial charge in [0.05, 0.1) is 0 Å². The van der Waals surface area contributed by atoms with Crippen LogP contribution in [0.5, 0.6) is 0 Å². The van der Waals surface area contributed by atoms with Gasteiger partial charge in [-0.15, -0.1) is 24.0 Å². The number of amides is 1. The smallest absolute Gasteiger partial charge is 0.222 e.